The van der Waals surface area contributed by atoms with Gasteiger partial charge in [-0.2, -0.15) is 16.8 Å². The summed E-state index contributed by atoms with van der Waals surface area (Å²) in [5, 5.41) is 0.0906. The standard InChI is InChI=1S/C14H12Cl2O6S2/c1-7-3-9(15)5-11(23(17,18)19)13(7)14-8(2)4-10(16)6-12(14)24(20,21)22/h3-6H,1-2H3,(H,17,18,19)(H,20,21,22). The second-order valence-electron chi connectivity index (χ2n) is 5.14. The van der Waals surface area contributed by atoms with E-state index in [2.05, 4.69) is 0 Å². The number of hydrogen-bond donors (Lipinski definition) is 2. The van der Waals surface area contributed by atoms with E-state index in [1.54, 1.807) is 0 Å². The van der Waals surface area contributed by atoms with E-state index in [0.29, 0.717) is 11.1 Å². The summed E-state index contributed by atoms with van der Waals surface area (Å²) in [6, 6.07) is 4.82. The Bertz CT molecular complexity index is 958. The van der Waals surface area contributed by atoms with Crippen LogP contribution in [-0.2, 0) is 20.2 Å². The average molecular weight is 411 g/mol. The first kappa shape index (κ1) is 19.2. The highest BCUT2D eigenvalue weighted by molar-refractivity contribution is 7.86. The molecule has 0 aliphatic rings. The lowest BCUT2D eigenvalue weighted by atomic mass is 9.96. The molecule has 0 saturated heterocycles. The maximum Gasteiger partial charge on any atom is 0.295 e. The minimum Gasteiger partial charge on any atom is -0.282 e. The van der Waals surface area contributed by atoms with Crippen LogP contribution in [0.15, 0.2) is 34.1 Å². The highest BCUT2D eigenvalue weighted by Gasteiger charge is 2.27. The summed E-state index contributed by atoms with van der Waals surface area (Å²) in [6.07, 6.45) is 0. The van der Waals surface area contributed by atoms with E-state index in [1.807, 2.05) is 0 Å². The van der Waals surface area contributed by atoms with Crippen molar-refractivity contribution in [3.8, 4) is 11.1 Å². The summed E-state index contributed by atoms with van der Waals surface area (Å²) in [5.41, 5.74) is 0.434. The first-order valence-corrected chi connectivity index (χ1v) is 10.0. The van der Waals surface area contributed by atoms with Gasteiger partial charge in [-0.1, -0.05) is 23.2 Å². The van der Waals surface area contributed by atoms with Crippen LogP contribution in [0.3, 0.4) is 0 Å². The maximum absolute atomic E-state index is 11.7. The van der Waals surface area contributed by atoms with E-state index < -0.39 is 30.0 Å². The third-order valence-electron chi connectivity index (χ3n) is 3.33. The van der Waals surface area contributed by atoms with Crippen LogP contribution in [0.4, 0.5) is 0 Å². The lowest BCUT2D eigenvalue weighted by molar-refractivity contribution is 0.480. The monoisotopic (exact) mass is 410 g/mol. The fourth-order valence-corrected chi connectivity index (χ4v) is 4.74. The Hall–Kier alpha value is -1.16. The van der Waals surface area contributed by atoms with E-state index in [4.69, 9.17) is 23.2 Å². The Morgan fingerprint density at radius 1 is 0.708 bits per heavy atom. The van der Waals surface area contributed by atoms with E-state index in [9.17, 15) is 25.9 Å². The molecule has 0 bridgehead atoms. The molecule has 2 N–H and O–H groups in total. The zero-order chi connectivity index (χ0) is 18.4. The highest BCUT2D eigenvalue weighted by Crippen LogP contribution is 2.40. The lowest BCUT2D eigenvalue weighted by Gasteiger charge is -2.17. The largest absolute Gasteiger partial charge is 0.295 e. The molecule has 0 fully saturated rings. The molecule has 0 amide bonds. The molecule has 10 heteroatoms. The quantitative estimate of drug-likeness (QED) is 0.745. The number of benzene rings is 2. The maximum atomic E-state index is 11.7. The molecule has 0 aromatic heterocycles. The second kappa shape index (κ2) is 6.29. The van der Waals surface area contributed by atoms with Crippen LogP contribution in [0.5, 0.6) is 0 Å². The molecule has 0 atom stereocenters. The third kappa shape index (κ3) is 3.74. The predicted octanol–water partition coefficient (Wildman–Crippen LogP) is 3.77. The van der Waals surface area contributed by atoms with Crippen LogP contribution < -0.4 is 0 Å². The van der Waals surface area contributed by atoms with Crippen molar-refractivity contribution in [1.82, 2.24) is 0 Å². The topological polar surface area (TPSA) is 109 Å². The summed E-state index contributed by atoms with van der Waals surface area (Å²) >= 11 is 11.7. The van der Waals surface area contributed by atoms with Crippen molar-refractivity contribution >= 4 is 43.4 Å². The summed E-state index contributed by atoms with van der Waals surface area (Å²) < 4.78 is 65.9. The molecular weight excluding hydrogens is 399 g/mol. The van der Waals surface area contributed by atoms with E-state index >= 15 is 0 Å². The minimum atomic E-state index is -4.71. The number of hydrogen-bond acceptors (Lipinski definition) is 4. The molecule has 6 nitrogen and oxygen atoms in total. The van der Waals surface area contributed by atoms with Gasteiger partial charge in [0.15, 0.2) is 0 Å². The van der Waals surface area contributed by atoms with Gasteiger partial charge in [-0.25, -0.2) is 0 Å². The predicted molar refractivity (Wildman–Crippen MR) is 91.0 cm³/mol. The van der Waals surface area contributed by atoms with Crippen LogP contribution in [0.25, 0.3) is 11.1 Å². The summed E-state index contributed by atoms with van der Waals surface area (Å²) in [5.74, 6) is 0. The molecule has 0 spiro atoms. The van der Waals surface area contributed by atoms with Gasteiger partial charge in [-0.15, -0.1) is 0 Å². The molecule has 0 saturated carbocycles. The van der Waals surface area contributed by atoms with Gasteiger partial charge in [0.25, 0.3) is 20.2 Å². The van der Waals surface area contributed by atoms with Crippen LogP contribution in [-0.4, -0.2) is 25.9 Å². The zero-order valence-corrected chi connectivity index (χ0v) is 15.6. The molecule has 0 radical (unpaired) electrons. The van der Waals surface area contributed by atoms with Crippen molar-refractivity contribution < 1.29 is 25.9 Å². The van der Waals surface area contributed by atoms with Gasteiger partial charge in [0.1, 0.15) is 9.79 Å². The second-order valence-corrected chi connectivity index (χ2v) is 8.79. The molecule has 0 heterocycles. The van der Waals surface area contributed by atoms with Crippen LogP contribution >= 0.6 is 23.2 Å². The molecule has 0 unspecified atom stereocenters. The fraction of sp³-hybridized carbons (Fsp3) is 0.143. The number of aryl methyl sites for hydroxylation is 2. The van der Waals surface area contributed by atoms with E-state index in [-0.39, 0.29) is 21.2 Å². The number of rotatable bonds is 3. The van der Waals surface area contributed by atoms with Gasteiger partial charge >= 0.3 is 0 Å². The smallest absolute Gasteiger partial charge is 0.282 e. The van der Waals surface area contributed by atoms with Gasteiger partial charge < -0.3 is 0 Å². The van der Waals surface area contributed by atoms with Crippen molar-refractivity contribution in [3.63, 3.8) is 0 Å². The van der Waals surface area contributed by atoms with Crippen LogP contribution in [0.1, 0.15) is 11.1 Å². The van der Waals surface area contributed by atoms with Crippen molar-refractivity contribution in [2.24, 2.45) is 0 Å². The Balaban J connectivity index is 3.10. The zero-order valence-electron chi connectivity index (χ0n) is 12.4. The Labute approximate surface area is 149 Å². The normalized spacial score (nSPS) is 12.4. The fourth-order valence-electron chi connectivity index (χ4n) is 2.47. The van der Waals surface area contributed by atoms with Gasteiger partial charge in [0.05, 0.1) is 0 Å². The average Bonchev–Trinajstić information content (AvgIpc) is 2.36. The Kier molecular flexibility index (Phi) is 5.02. The van der Waals surface area contributed by atoms with Crippen molar-refractivity contribution in [1.29, 1.82) is 0 Å². The third-order valence-corrected chi connectivity index (χ3v) is 5.53. The van der Waals surface area contributed by atoms with Crippen LogP contribution in [0.2, 0.25) is 10.0 Å². The molecule has 2 rings (SSSR count). The van der Waals surface area contributed by atoms with Gasteiger partial charge in [-0.3, -0.25) is 9.11 Å². The molecule has 2 aromatic carbocycles. The van der Waals surface area contributed by atoms with E-state index in [0.717, 1.165) is 12.1 Å². The van der Waals surface area contributed by atoms with Crippen molar-refractivity contribution in [2.75, 3.05) is 0 Å². The number of halogens is 2. The van der Waals surface area contributed by atoms with Crippen molar-refractivity contribution in [3.05, 3.63) is 45.4 Å². The lowest BCUT2D eigenvalue weighted by Crippen LogP contribution is -2.08. The molecule has 130 valence electrons. The van der Waals surface area contributed by atoms with E-state index in [1.165, 1.54) is 26.0 Å². The van der Waals surface area contributed by atoms with Crippen LogP contribution in [0, 0.1) is 13.8 Å². The molecule has 24 heavy (non-hydrogen) atoms. The summed E-state index contributed by atoms with van der Waals surface area (Å²) in [4.78, 5) is -1.13. The first-order chi connectivity index (χ1) is 10.8. The minimum absolute atomic E-state index is 0.0453. The summed E-state index contributed by atoms with van der Waals surface area (Å²) in [7, 11) is -9.42. The van der Waals surface area contributed by atoms with Crippen molar-refractivity contribution in [2.45, 2.75) is 23.6 Å². The van der Waals surface area contributed by atoms with Gasteiger partial charge in [-0.05, 0) is 49.2 Å². The Morgan fingerprint density at radius 2 is 1.00 bits per heavy atom. The highest BCUT2D eigenvalue weighted by atomic mass is 35.5. The molecular formula is C14H12Cl2O6S2. The van der Waals surface area contributed by atoms with Gasteiger partial charge in [0.2, 0.25) is 0 Å². The van der Waals surface area contributed by atoms with Gasteiger partial charge in [0, 0.05) is 21.2 Å². The first-order valence-electron chi connectivity index (χ1n) is 6.38. The SMILES string of the molecule is Cc1cc(Cl)cc(S(=O)(=O)O)c1-c1c(C)cc(Cl)cc1S(=O)(=O)O. The molecule has 2 aromatic rings. The molecule has 0 aliphatic carbocycles. The Morgan fingerprint density at radius 3 is 1.25 bits per heavy atom. The summed E-state index contributed by atoms with van der Waals surface area (Å²) in [6.45, 7) is 3.00. The molecule has 0 aliphatic heterocycles.